The highest BCUT2D eigenvalue weighted by molar-refractivity contribution is 5.38. The van der Waals surface area contributed by atoms with Crippen molar-refractivity contribution < 1.29 is 0 Å². The van der Waals surface area contributed by atoms with E-state index in [9.17, 15) is 4.79 Å². The van der Waals surface area contributed by atoms with Gasteiger partial charge in [-0.15, -0.1) is 0 Å². The van der Waals surface area contributed by atoms with Gasteiger partial charge in [-0.25, -0.2) is 4.79 Å². The van der Waals surface area contributed by atoms with E-state index >= 15 is 0 Å². The molecular formula is C10H12N4O. The lowest BCUT2D eigenvalue weighted by atomic mass is 10.1. The molecule has 5 heteroatoms. The highest BCUT2D eigenvalue weighted by atomic mass is 16.1. The molecule has 0 aliphatic heterocycles. The topological polar surface area (TPSA) is 95.6 Å². The van der Waals surface area contributed by atoms with Crippen molar-refractivity contribution in [1.29, 1.82) is 5.26 Å². The molecule has 0 amide bonds. The van der Waals surface area contributed by atoms with E-state index in [2.05, 4.69) is 9.97 Å². The molecule has 1 rings (SSSR count). The van der Waals surface area contributed by atoms with Crippen molar-refractivity contribution >= 4 is 5.82 Å². The highest BCUT2D eigenvalue weighted by Gasteiger charge is 2.01. The number of rotatable bonds is 3. The minimum atomic E-state index is -0.449. The van der Waals surface area contributed by atoms with Crippen molar-refractivity contribution in [2.24, 2.45) is 0 Å². The monoisotopic (exact) mass is 204 g/mol. The summed E-state index contributed by atoms with van der Waals surface area (Å²) in [6, 6.07) is 2.03. The quantitative estimate of drug-likeness (QED) is 0.710. The Bertz CT molecular complexity index is 467. The number of hydrogen-bond donors (Lipinski definition) is 2. The number of nitrogens with two attached hydrogens (primary N) is 1. The normalized spacial score (nSPS) is 11.1. The first-order valence-corrected chi connectivity index (χ1v) is 4.50. The summed E-state index contributed by atoms with van der Waals surface area (Å²) in [5, 5.41) is 8.39. The number of aromatic nitrogens is 2. The van der Waals surface area contributed by atoms with E-state index in [1.807, 2.05) is 19.1 Å². The molecule has 0 saturated carbocycles. The Balaban J connectivity index is 2.82. The third-order valence-electron chi connectivity index (χ3n) is 1.93. The van der Waals surface area contributed by atoms with Crippen LogP contribution in [0.2, 0.25) is 0 Å². The maximum absolute atomic E-state index is 10.8. The number of anilines is 1. The van der Waals surface area contributed by atoms with Gasteiger partial charge in [-0.05, 0) is 13.3 Å². The molecule has 15 heavy (non-hydrogen) atoms. The fourth-order valence-corrected chi connectivity index (χ4v) is 1.17. The van der Waals surface area contributed by atoms with E-state index in [0.29, 0.717) is 12.8 Å². The van der Waals surface area contributed by atoms with E-state index in [4.69, 9.17) is 11.0 Å². The molecule has 0 atom stereocenters. The molecule has 1 aromatic heterocycles. The van der Waals surface area contributed by atoms with Crippen LogP contribution in [0.4, 0.5) is 5.82 Å². The lowest BCUT2D eigenvalue weighted by molar-refractivity contribution is 1.01. The van der Waals surface area contributed by atoms with Gasteiger partial charge in [0.2, 0.25) is 0 Å². The van der Waals surface area contributed by atoms with Crippen LogP contribution in [0.25, 0.3) is 0 Å². The van der Waals surface area contributed by atoms with Crippen molar-refractivity contribution in [3.63, 3.8) is 0 Å². The van der Waals surface area contributed by atoms with Gasteiger partial charge in [0.25, 0.3) is 0 Å². The number of aromatic amines is 1. The van der Waals surface area contributed by atoms with Crippen LogP contribution < -0.4 is 11.4 Å². The summed E-state index contributed by atoms with van der Waals surface area (Å²) in [5.41, 5.74) is 6.92. The van der Waals surface area contributed by atoms with Gasteiger partial charge in [0, 0.05) is 11.8 Å². The number of nitrogens with zero attached hydrogens (tertiary/aromatic N) is 2. The first kappa shape index (κ1) is 11.0. The molecule has 0 aliphatic rings. The second-order valence-electron chi connectivity index (χ2n) is 3.21. The summed E-state index contributed by atoms with van der Waals surface area (Å²) in [7, 11) is 0. The maximum atomic E-state index is 10.8. The minimum Gasteiger partial charge on any atom is -0.383 e. The Hall–Kier alpha value is -2.09. The van der Waals surface area contributed by atoms with Gasteiger partial charge in [0.15, 0.2) is 0 Å². The smallest absolute Gasteiger partial charge is 0.346 e. The Morgan fingerprint density at radius 1 is 1.80 bits per heavy atom. The molecule has 5 nitrogen and oxygen atoms in total. The van der Waals surface area contributed by atoms with E-state index in [0.717, 1.165) is 11.1 Å². The molecule has 0 aromatic carbocycles. The number of allylic oxidation sites excluding steroid dienone is 2. The van der Waals surface area contributed by atoms with Crippen LogP contribution in [-0.2, 0) is 6.42 Å². The van der Waals surface area contributed by atoms with Gasteiger partial charge >= 0.3 is 5.69 Å². The molecule has 0 aliphatic carbocycles. The third kappa shape index (κ3) is 3.27. The predicted molar refractivity (Wildman–Crippen MR) is 57.0 cm³/mol. The van der Waals surface area contributed by atoms with Crippen molar-refractivity contribution in [1.82, 2.24) is 9.97 Å². The van der Waals surface area contributed by atoms with Crippen molar-refractivity contribution in [3.05, 3.63) is 33.9 Å². The third-order valence-corrected chi connectivity index (χ3v) is 1.93. The average Bonchev–Trinajstić information content (AvgIpc) is 2.19. The molecule has 0 saturated heterocycles. The standard InChI is InChI=1S/C10H12N4O/c1-7(3-2-4-11)5-8-6-13-10(15)14-9(8)12/h3,6H,2,5H2,1H3,(H3,12,13,14,15). The van der Waals surface area contributed by atoms with E-state index in [1.165, 1.54) is 0 Å². The Kier molecular flexibility index (Phi) is 3.63. The minimum absolute atomic E-state index is 0.239. The Morgan fingerprint density at radius 3 is 3.13 bits per heavy atom. The van der Waals surface area contributed by atoms with Crippen molar-refractivity contribution in [2.75, 3.05) is 5.73 Å². The average molecular weight is 204 g/mol. The number of nitrogens with one attached hydrogen (secondary N) is 1. The SMILES string of the molecule is CC(=CCC#N)Cc1c[nH]c(=O)nc1N. The first-order valence-electron chi connectivity index (χ1n) is 4.50. The summed E-state index contributed by atoms with van der Waals surface area (Å²) < 4.78 is 0. The summed E-state index contributed by atoms with van der Waals surface area (Å²) in [6.07, 6.45) is 4.35. The zero-order valence-electron chi connectivity index (χ0n) is 8.45. The van der Waals surface area contributed by atoms with Gasteiger partial charge in [-0.3, -0.25) is 0 Å². The molecular weight excluding hydrogens is 192 g/mol. The molecule has 1 heterocycles. The fourth-order valence-electron chi connectivity index (χ4n) is 1.17. The highest BCUT2D eigenvalue weighted by Crippen LogP contribution is 2.10. The molecule has 0 radical (unpaired) electrons. The van der Waals surface area contributed by atoms with Crippen LogP contribution in [0.1, 0.15) is 18.9 Å². The molecule has 0 fully saturated rings. The van der Waals surface area contributed by atoms with E-state index < -0.39 is 5.69 Å². The molecule has 1 aromatic rings. The van der Waals surface area contributed by atoms with Crippen LogP contribution in [0.3, 0.4) is 0 Å². The molecule has 0 spiro atoms. The second kappa shape index (κ2) is 4.96. The predicted octanol–water partition coefficient (Wildman–Crippen LogP) is 0.755. The Morgan fingerprint density at radius 2 is 2.53 bits per heavy atom. The van der Waals surface area contributed by atoms with Gasteiger partial charge in [-0.1, -0.05) is 11.6 Å². The molecule has 0 bridgehead atoms. The number of hydrogen-bond acceptors (Lipinski definition) is 4. The van der Waals surface area contributed by atoms with Gasteiger partial charge in [0.05, 0.1) is 12.5 Å². The maximum Gasteiger partial charge on any atom is 0.346 e. The molecule has 78 valence electrons. The van der Waals surface area contributed by atoms with Gasteiger partial charge in [-0.2, -0.15) is 10.2 Å². The zero-order chi connectivity index (χ0) is 11.3. The lowest BCUT2D eigenvalue weighted by Crippen LogP contribution is -2.14. The fraction of sp³-hybridized carbons (Fsp3) is 0.300. The summed E-state index contributed by atoms with van der Waals surface area (Å²) in [4.78, 5) is 16.8. The van der Waals surface area contributed by atoms with Gasteiger partial charge < -0.3 is 10.7 Å². The largest absolute Gasteiger partial charge is 0.383 e. The van der Waals surface area contributed by atoms with E-state index in [-0.39, 0.29) is 5.82 Å². The van der Waals surface area contributed by atoms with Crippen molar-refractivity contribution in [2.45, 2.75) is 19.8 Å². The molecule has 3 N–H and O–H groups in total. The number of H-pyrrole nitrogens is 1. The summed E-state index contributed by atoms with van der Waals surface area (Å²) >= 11 is 0. The Labute approximate surface area is 87.3 Å². The molecule has 0 unspecified atom stereocenters. The zero-order valence-corrected chi connectivity index (χ0v) is 8.45. The number of nitrogen functional groups attached to an aromatic ring is 1. The summed E-state index contributed by atoms with van der Waals surface area (Å²) in [5.74, 6) is 0.239. The van der Waals surface area contributed by atoms with Crippen LogP contribution in [-0.4, -0.2) is 9.97 Å². The van der Waals surface area contributed by atoms with Crippen LogP contribution in [0.15, 0.2) is 22.6 Å². The van der Waals surface area contributed by atoms with Crippen LogP contribution >= 0.6 is 0 Å². The van der Waals surface area contributed by atoms with Crippen molar-refractivity contribution in [3.8, 4) is 6.07 Å². The van der Waals surface area contributed by atoms with Crippen LogP contribution in [0, 0.1) is 11.3 Å². The first-order chi connectivity index (χ1) is 7.13. The van der Waals surface area contributed by atoms with E-state index in [1.54, 1.807) is 6.20 Å². The summed E-state index contributed by atoms with van der Waals surface area (Å²) in [6.45, 7) is 1.90. The lowest BCUT2D eigenvalue weighted by Gasteiger charge is -2.03. The van der Waals surface area contributed by atoms with Gasteiger partial charge in [0.1, 0.15) is 5.82 Å². The van der Waals surface area contributed by atoms with Crippen LogP contribution in [0.5, 0.6) is 0 Å². The number of nitriles is 1. The second-order valence-corrected chi connectivity index (χ2v) is 3.21.